The quantitative estimate of drug-likeness (QED) is 0.412. The summed E-state index contributed by atoms with van der Waals surface area (Å²) >= 11 is 12.2. The molecule has 0 bridgehead atoms. The summed E-state index contributed by atoms with van der Waals surface area (Å²) in [6.45, 7) is 9.12. The van der Waals surface area contributed by atoms with Crippen LogP contribution in [-0.4, -0.2) is 50.0 Å². The standard InChI is InChI=1S/C26H35Cl2N3O4S/c1-7-18(4)29-26(33)19(5)30(15-20-8-13-23(27)24(28)14-20)25(32)16-31(36(6,34)35)22-11-9-21(10-12-22)17(2)3/h8-14,17-19H,7,15-16H2,1-6H3,(H,29,33)/t18-,19-/m0/s1. The number of carbonyl (C=O) groups excluding carboxylic acids is 2. The molecule has 2 atom stereocenters. The van der Waals surface area contributed by atoms with Gasteiger partial charge >= 0.3 is 0 Å². The average Bonchev–Trinajstić information content (AvgIpc) is 2.81. The molecule has 198 valence electrons. The molecule has 2 aromatic carbocycles. The largest absolute Gasteiger partial charge is 0.352 e. The fourth-order valence-electron chi connectivity index (χ4n) is 3.52. The van der Waals surface area contributed by atoms with Gasteiger partial charge in [0.25, 0.3) is 0 Å². The third kappa shape index (κ3) is 8.11. The zero-order chi connectivity index (χ0) is 27.2. The lowest BCUT2D eigenvalue weighted by Gasteiger charge is -2.32. The maximum atomic E-state index is 13.6. The number of amides is 2. The minimum atomic E-state index is -3.79. The van der Waals surface area contributed by atoms with Crippen LogP contribution in [0.4, 0.5) is 5.69 Å². The molecule has 0 saturated heterocycles. The maximum Gasteiger partial charge on any atom is 0.244 e. The first-order chi connectivity index (χ1) is 16.7. The van der Waals surface area contributed by atoms with Gasteiger partial charge in [-0.15, -0.1) is 0 Å². The molecule has 0 fully saturated rings. The summed E-state index contributed by atoms with van der Waals surface area (Å²) in [5.41, 5.74) is 2.09. The Morgan fingerprint density at radius 1 is 0.972 bits per heavy atom. The maximum absolute atomic E-state index is 13.6. The van der Waals surface area contributed by atoms with Gasteiger partial charge < -0.3 is 10.2 Å². The molecular weight excluding hydrogens is 521 g/mol. The van der Waals surface area contributed by atoms with Crippen LogP contribution in [0.3, 0.4) is 0 Å². The summed E-state index contributed by atoms with van der Waals surface area (Å²) in [5, 5.41) is 3.58. The Kier molecular flexibility index (Phi) is 10.6. The van der Waals surface area contributed by atoms with E-state index in [1.165, 1.54) is 4.90 Å². The third-order valence-corrected chi connectivity index (χ3v) is 7.91. The molecule has 1 N–H and O–H groups in total. The van der Waals surface area contributed by atoms with Crippen LogP contribution in [-0.2, 0) is 26.2 Å². The number of nitrogens with zero attached hydrogens (tertiary/aromatic N) is 2. The second-order valence-corrected chi connectivity index (χ2v) is 12.0. The highest BCUT2D eigenvalue weighted by Gasteiger charge is 2.30. The fraction of sp³-hybridized carbons (Fsp3) is 0.462. The fourth-order valence-corrected chi connectivity index (χ4v) is 4.69. The molecule has 2 aromatic rings. The third-order valence-electron chi connectivity index (χ3n) is 6.03. The number of halogens is 2. The zero-order valence-electron chi connectivity index (χ0n) is 21.6. The molecule has 7 nitrogen and oxygen atoms in total. The van der Waals surface area contributed by atoms with Gasteiger partial charge in [-0.25, -0.2) is 8.42 Å². The van der Waals surface area contributed by atoms with Crippen LogP contribution in [0.1, 0.15) is 58.1 Å². The van der Waals surface area contributed by atoms with Gasteiger partial charge in [0, 0.05) is 12.6 Å². The van der Waals surface area contributed by atoms with Gasteiger partial charge in [-0.05, 0) is 61.6 Å². The van der Waals surface area contributed by atoms with Gasteiger partial charge in [0.1, 0.15) is 12.6 Å². The topological polar surface area (TPSA) is 86.8 Å². The highest BCUT2D eigenvalue weighted by molar-refractivity contribution is 7.92. The van der Waals surface area contributed by atoms with E-state index >= 15 is 0 Å². The van der Waals surface area contributed by atoms with E-state index in [1.54, 1.807) is 37.3 Å². The van der Waals surface area contributed by atoms with Crippen molar-refractivity contribution in [3.63, 3.8) is 0 Å². The summed E-state index contributed by atoms with van der Waals surface area (Å²) in [6.07, 6.45) is 1.78. The minimum Gasteiger partial charge on any atom is -0.352 e. The molecule has 0 aliphatic carbocycles. The predicted molar refractivity (Wildman–Crippen MR) is 147 cm³/mol. The molecule has 0 heterocycles. The Balaban J connectivity index is 2.41. The minimum absolute atomic E-state index is 0.0503. The molecule has 0 aliphatic heterocycles. The van der Waals surface area contributed by atoms with E-state index in [2.05, 4.69) is 5.32 Å². The molecule has 2 amide bonds. The lowest BCUT2D eigenvalue weighted by molar-refractivity contribution is -0.139. The molecule has 0 aliphatic rings. The van der Waals surface area contributed by atoms with Crippen LogP contribution in [0.2, 0.25) is 10.0 Å². The van der Waals surface area contributed by atoms with E-state index in [-0.39, 0.29) is 24.4 Å². The van der Waals surface area contributed by atoms with Crippen molar-refractivity contribution in [1.29, 1.82) is 0 Å². The molecule has 0 aromatic heterocycles. The number of hydrogen-bond donors (Lipinski definition) is 1. The van der Waals surface area contributed by atoms with Crippen molar-refractivity contribution in [2.45, 2.75) is 65.6 Å². The normalized spacial score (nSPS) is 13.2. The molecule has 36 heavy (non-hydrogen) atoms. The summed E-state index contributed by atoms with van der Waals surface area (Å²) < 4.78 is 26.4. The Morgan fingerprint density at radius 3 is 2.08 bits per heavy atom. The van der Waals surface area contributed by atoms with Crippen molar-refractivity contribution in [3.8, 4) is 0 Å². The summed E-state index contributed by atoms with van der Waals surface area (Å²) in [5.74, 6) is -0.574. The Bertz CT molecular complexity index is 1170. The smallest absolute Gasteiger partial charge is 0.244 e. The first-order valence-electron chi connectivity index (χ1n) is 11.9. The van der Waals surface area contributed by atoms with Gasteiger partial charge in [0.2, 0.25) is 21.8 Å². The average molecular weight is 557 g/mol. The van der Waals surface area contributed by atoms with Crippen LogP contribution in [0.15, 0.2) is 42.5 Å². The Hall–Kier alpha value is -2.29. The lowest BCUT2D eigenvalue weighted by Crippen LogP contribution is -2.52. The Labute approximate surface area is 224 Å². The predicted octanol–water partition coefficient (Wildman–Crippen LogP) is 5.21. The number of rotatable bonds is 11. The summed E-state index contributed by atoms with van der Waals surface area (Å²) in [4.78, 5) is 27.9. The molecular formula is C26H35Cl2N3O4S. The van der Waals surface area contributed by atoms with Crippen molar-refractivity contribution in [3.05, 3.63) is 63.6 Å². The Morgan fingerprint density at radius 2 is 1.58 bits per heavy atom. The van der Waals surface area contributed by atoms with Crippen molar-refractivity contribution in [2.24, 2.45) is 0 Å². The summed E-state index contributed by atoms with van der Waals surface area (Å²) in [6, 6.07) is 11.1. The van der Waals surface area contributed by atoms with Crippen molar-refractivity contribution in [1.82, 2.24) is 10.2 Å². The second-order valence-electron chi connectivity index (χ2n) is 9.28. The summed E-state index contributed by atoms with van der Waals surface area (Å²) in [7, 11) is -3.79. The molecule has 0 saturated carbocycles. The van der Waals surface area contributed by atoms with E-state index in [9.17, 15) is 18.0 Å². The number of nitrogens with one attached hydrogen (secondary N) is 1. The number of anilines is 1. The SMILES string of the molecule is CC[C@H](C)NC(=O)[C@H](C)N(Cc1ccc(Cl)c(Cl)c1)C(=O)CN(c1ccc(C(C)C)cc1)S(C)(=O)=O. The van der Waals surface area contributed by atoms with Crippen molar-refractivity contribution in [2.75, 3.05) is 17.1 Å². The first kappa shape index (κ1) is 29.9. The van der Waals surface area contributed by atoms with Gasteiger partial charge in [0.15, 0.2) is 0 Å². The molecule has 0 unspecified atom stereocenters. The lowest BCUT2D eigenvalue weighted by atomic mass is 10.0. The van der Waals surface area contributed by atoms with Crippen molar-refractivity contribution < 1.29 is 18.0 Å². The van der Waals surface area contributed by atoms with Gasteiger partial charge in [-0.2, -0.15) is 0 Å². The second kappa shape index (κ2) is 12.8. The van der Waals surface area contributed by atoms with Crippen molar-refractivity contribution >= 4 is 50.7 Å². The van der Waals surface area contributed by atoms with E-state index in [0.717, 1.165) is 22.5 Å². The highest BCUT2D eigenvalue weighted by atomic mass is 35.5. The van der Waals surface area contributed by atoms with Crippen LogP contribution in [0, 0.1) is 0 Å². The van der Waals surface area contributed by atoms with E-state index in [0.29, 0.717) is 21.3 Å². The van der Waals surface area contributed by atoms with Crippen LogP contribution >= 0.6 is 23.2 Å². The van der Waals surface area contributed by atoms with E-state index < -0.39 is 28.5 Å². The molecule has 0 radical (unpaired) electrons. The molecule has 0 spiro atoms. The first-order valence-corrected chi connectivity index (χ1v) is 14.5. The highest BCUT2D eigenvalue weighted by Crippen LogP contribution is 2.25. The van der Waals surface area contributed by atoms with Gasteiger partial charge in [-0.1, -0.05) is 62.2 Å². The van der Waals surface area contributed by atoms with Gasteiger partial charge in [0.05, 0.1) is 22.0 Å². The molecule has 2 rings (SSSR count). The van der Waals surface area contributed by atoms with Crippen LogP contribution in [0.5, 0.6) is 0 Å². The zero-order valence-corrected chi connectivity index (χ0v) is 23.9. The molecule has 10 heteroatoms. The number of benzene rings is 2. The number of carbonyl (C=O) groups is 2. The van der Waals surface area contributed by atoms with Crippen LogP contribution in [0.25, 0.3) is 0 Å². The van der Waals surface area contributed by atoms with E-state index in [4.69, 9.17) is 23.2 Å². The van der Waals surface area contributed by atoms with Gasteiger partial charge in [-0.3, -0.25) is 13.9 Å². The van der Waals surface area contributed by atoms with Crippen LogP contribution < -0.4 is 9.62 Å². The van der Waals surface area contributed by atoms with E-state index in [1.807, 2.05) is 39.8 Å². The number of sulfonamides is 1. The number of hydrogen-bond acceptors (Lipinski definition) is 4. The monoisotopic (exact) mass is 555 g/mol.